The van der Waals surface area contributed by atoms with Gasteiger partial charge in [0.05, 0.1) is 5.92 Å². The highest BCUT2D eigenvalue weighted by atomic mass is 16.6. The van der Waals surface area contributed by atoms with Crippen molar-refractivity contribution >= 4 is 11.7 Å². The van der Waals surface area contributed by atoms with Crippen LogP contribution in [0.5, 0.6) is 0 Å². The summed E-state index contributed by atoms with van der Waals surface area (Å²) in [5, 5.41) is 3.28. The Morgan fingerprint density at radius 1 is 1.35 bits per heavy atom. The highest BCUT2D eigenvalue weighted by Gasteiger charge is 2.28. The number of hydrogen-bond acceptors (Lipinski definition) is 3. The summed E-state index contributed by atoms with van der Waals surface area (Å²) in [4.78, 5) is 12.0. The number of carbonyl (C=O) groups is 1. The van der Waals surface area contributed by atoms with Crippen molar-refractivity contribution in [1.29, 1.82) is 0 Å². The minimum absolute atomic E-state index is 0.0795. The van der Waals surface area contributed by atoms with Gasteiger partial charge in [0.2, 0.25) is 0 Å². The first-order valence-corrected chi connectivity index (χ1v) is 6.00. The van der Waals surface area contributed by atoms with Crippen LogP contribution in [0.1, 0.15) is 26.3 Å². The highest BCUT2D eigenvalue weighted by molar-refractivity contribution is 5.75. The molecule has 1 heterocycles. The number of carbonyl (C=O) groups excluding carboxylic acids is 1. The number of hydrogen-bond donors (Lipinski definition) is 1. The second-order valence-corrected chi connectivity index (χ2v) is 5.47. The SMILES string of the molecule is CC(C)(C)OC(=O)[C@@H]1CNc2ccccc2C1. The Labute approximate surface area is 102 Å². The molecular formula is C14H19NO2. The van der Waals surface area contributed by atoms with E-state index in [1.165, 1.54) is 5.56 Å². The van der Waals surface area contributed by atoms with Gasteiger partial charge >= 0.3 is 5.97 Å². The number of anilines is 1. The lowest BCUT2D eigenvalue weighted by Crippen LogP contribution is -2.35. The largest absolute Gasteiger partial charge is 0.460 e. The highest BCUT2D eigenvalue weighted by Crippen LogP contribution is 2.25. The normalized spacial score (nSPS) is 19.1. The van der Waals surface area contributed by atoms with E-state index >= 15 is 0 Å². The molecule has 0 bridgehead atoms. The molecule has 1 atom stereocenters. The van der Waals surface area contributed by atoms with Gasteiger partial charge in [0, 0.05) is 12.2 Å². The third kappa shape index (κ3) is 2.99. The third-order valence-electron chi connectivity index (χ3n) is 2.76. The Bertz CT molecular complexity index is 420. The summed E-state index contributed by atoms with van der Waals surface area (Å²) in [6.45, 7) is 6.35. The number of nitrogens with one attached hydrogen (secondary N) is 1. The van der Waals surface area contributed by atoms with E-state index in [4.69, 9.17) is 4.74 Å². The van der Waals surface area contributed by atoms with E-state index in [1.54, 1.807) is 0 Å². The Balaban J connectivity index is 2.05. The lowest BCUT2D eigenvalue weighted by molar-refractivity contribution is -0.159. The van der Waals surface area contributed by atoms with E-state index < -0.39 is 5.60 Å². The van der Waals surface area contributed by atoms with Gasteiger partial charge in [-0.15, -0.1) is 0 Å². The molecule has 0 amide bonds. The van der Waals surface area contributed by atoms with Crippen molar-refractivity contribution in [2.45, 2.75) is 32.8 Å². The van der Waals surface area contributed by atoms with E-state index in [-0.39, 0.29) is 11.9 Å². The van der Waals surface area contributed by atoms with Gasteiger partial charge in [-0.1, -0.05) is 18.2 Å². The van der Waals surface area contributed by atoms with E-state index in [2.05, 4.69) is 11.4 Å². The van der Waals surface area contributed by atoms with Crippen molar-refractivity contribution in [3.05, 3.63) is 29.8 Å². The number of ether oxygens (including phenoxy) is 1. The molecule has 1 aromatic rings. The Hall–Kier alpha value is -1.51. The molecule has 1 aliphatic rings. The van der Waals surface area contributed by atoms with E-state index in [0.717, 1.165) is 12.1 Å². The summed E-state index contributed by atoms with van der Waals surface area (Å²) in [6.07, 6.45) is 0.762. The lowest BCUT2D eigenvalue weighted by atomic mass is 9.94. The number of para-hydroxylation sites is 1. The standard InChI is InChI=1S/C14H19NO2/c1-14(2,3)17-13(16)11-8-10-6-4-5-7-12(10)15-9-11/h4-7,11,15H,8-9H2,1-3H3/t11-/m0/s1. The summed E-state index contributed by atoms with van der Waals surface area (Å²) >= 11 is 0. The molecule has 1 aromatic carbocycles. The minimum atomic E-state index is -0.409. The van der Waals surface area contributed by atoms with E-state index in [1.807, 2.05) is 39.0 Å². The summed E-state index contributed by atoms with van der Waals surface area (Å²) < 4.78 is 5.41. The quantitative estimate of drug-likeness (QED) is 0.758. The average molecular weight is 233 g/mol. The molecule has 0 saturated carbocycles. The Kier molecular flexibility index (Phi) is 3.09. The van der Waals surface area contributed by atoms with Crippen molar-refractivity contribution in [2.75, 3.05) is 11.9 Å². The molecule has 0 saturated heterocycles. The molecule has 3 heteroatoms. The molecule has 0 fully saturated rings. The van der Waals surface area contributed by atoms with E-state index in [9.17, 15) is 4.79 Å². The molecule has 0 aromatic heterocycles. The smallest absolute Gasteiger partial charge is 0.311 e. The fourth-order valence-corrected chi connectivity index (χ4v) is 1.99. The number of fused-ring (bicyclic) bond motifs is 1. The third-order valence-corrected chi connectivity index (χ3v) is 2.76. The summed E-state index contributed by atoms with van der Waals surface area (Å²) in [6, 6.07) is 8.09. The summed E-state index contributed by atoms with van der Waals surface area (Å²) in [5.41, 5.74) is 1.91. The van der Waals surface area contributed by atoms with E-state index in [0.29, 0.717) is 6.54 Å². The van der Waals surface area contributed by atoms with Crippen LogP contribution in [-0.4, -0.2) is 18.1 Å². The van der Waals surface area contributed by atoms with Crippen LogP contribution in [-0.2, 0) is 16.0 Å². The minimum Gasteiger partial charge on any atom is -0.460 e. The zero-order chi connectivity index (χ0) is 12.5. The first kappa shape index (κ1) is 12.0. The predicted molar refractivity (Wildman–Crippen MR) is 68.0 cm³/mol. The first-order chi connectivity index (χ1) is 7.96. The molecule has 0 radical (unpaired) electrons. The molecule has 1 N–H and O–H groups in total. The molecule has 92 valence electrons. The molecule has 17 heavy (non-hydrogen) atoms. The van der Waals surface area contributed by atoms with Crippen LogP contribution in [0.2, 0.25) is 0 Å². The van der Waals surface area contributed by atoms with Gasteiger partial charge in [-0.3, -0.25) is 4.79 Å². The van der Waals surface area contributed by atoms with Crippen LogP contribution in [0, 0.1) is 5.92 Å². The maximum absolute atomic E-state index is 12.0. The van der Waals surface area contributed by atoms with Gasteiger partial charge in [-0.25, -0.2) is 0 Å². The second kappa shape index (κ2) is 4.40. The molecule has 1 aliphatic heterocycles. The number of rotatable bonds is 1. The maximum atomic E-state index is 12.0. The van der Waals surface area contributed by atoms with Crippen LogP contribution in [0.4, 0.5) is 5.69 Å². The summed E-state index contributed by atoms with van der Waals surface area (Å²) in [7, 11) is 0. The summed E-state index contributed by atoms with van der Waals surface area (Å²) in [5.74, 6) is -0.191. The molecule has 3 nitrogen and oxygen atoms in total. The van der Waals surface area contributed by atoms with Crippen molar-refractivity contribution < 1.29 is 9.53 Å². The number of benzene rings is 1. The van der Waals surface area contributed by atoms with Gasteiger partial charge in [-0.05, 0) is 38.8 Å². The van der Waals surface area contributed by atoms with Crippen LogP contribution in [0.15, 0.2) is 24.3 Å². The monoisotopic (exact) mass is 233 g/mol. The lowest BCUT2D eigenvalue weighted by Gasteiger charge is -2.28. The van der Waals surface area contributed by atoms with Gasteiger partial charge in [0.1, 0.15) is 5.60 Å². The van der Waals surface area contributed by atoms with Crippen LogP contribution < -0.4 is 5.32 Å². The second-order valence-electron chi connectivity index (χ2n) is 5.47. The van der Waals surface area contributed by atoms with Crippen LogP contribution in [0.3, 0.4) is 0 Å². The Morgan fingerprint density at radius 2 is 2.06 bits per heavy atom. The molecule has 0 aliphatic carbocycles. The molecule has 2 rings (SSSR count). The van der Waals surface area contributed by atoms with Crippen molar-refractivity contribution in [3.63, 3.8) is 0 Å². The number of esters is 1. The Morgan fingerprint density at radius 3 is 2.76 bits per heavy atom. The van der Waals surface area contributed by atoms with Gasteiger partial charge in [0.25, 0.3) is 0 Å². The van der Waals surface area contributed by atoms with Gasteiger partial charge in [-0.2, -0.15) is 0 Å². The van der Waals surface area contributed by atoms with Crippen LogP contribution >= 0.6 is 0 Å². The van der Waals surface area contributed by atoms with Crippen molar-refractivity contribution in [3.8, 4) is 0 Å². The zero-order valence-corrected chi connectivity index (χ0v) is 10.6. The van der Waals surface area contributed by atoms with Crippen molar-refractivity contribution in [1.82, 2.24) is 0 Å². The van der Waals surface area contributed by atoms with Gasteiger partial charge in [0.15, 0.2) is 0 Å². The van der Waals surface area contributed by atoms with Crippen LogP contribution in [0.25, 0.3) is 0 Å². The predicted octanol–water partition coefficient (Wildman–Crippen LogP) is 2.61. The molecule has 0 spiro atoms. The zero-order valence-electron chi connectivity index (χ0n) is 10.6. The maximum Gasteiger partial charge on any atom is 0.311 e. The van der Waals surface area contributed by atoms with Gasteiger partial charge < -0.3 is 10.1 Å². The molecular weight excluding hydrogens is 214 g/mol. The fraction of sp³-hybridized carbons (Fsp3) is 0.500. The topological polar surface area (TPSA) is 38.3 Å². The molecule has 0 unspecified atom stereocenters. The average Bonchev–Trinajstić information content (AvgIpc) is 2.26. The fourth-order valence-electron chi connectivity index (χ4n) is 1.99. The van der Waals surface area contributed by atoms with Crippen molar-refractivity contribution in [2.24, 2.45) is 5.92 Å². The first-order valence-electron chi connectivity index (χ1n) is 6.00.